The van der Waals surface area contributed by atoms with Crippen molar-refractivity contribution < 1.29 is 14.3 Å². The smallest absolute Gasteiger partial charge is 0.307 e. The van der Waals surface area contributed by atoms with Crippen LogP contribution in [0.15, 0.2) is 35.3 Å². The van der Waals surface area contributed by atoms with E-state index in [-0.39, 0.29) is 37.2 Å². The number of benzene rings is 1. The van der Waals surface area contributed by atoms with Crippen molar-refractivity contribution >= 4 is 39.4 Å². The summed E-state index contributed by atoms with van der Waals surface area (Å²) in [5.74, 6) is -0.0625. The van der Waals surface area contributed by atoms with Gasteiger partial charge in [-0.15, -0.1) is 6.58 Å². The first-order chi connectivity index (χ1) is 12.7. The summed E-state index contributed by atoms with van der Waals surface area (Å²) in [6.07, 6.45) is 2.34. The van der Waals surface area contributed by atoms with Crippen LogP contribution in [0.25, 0.3) is 0 Å². The quantitative estimate of drug-likeness (QED) is 0.383. The van der Waals surface area contributed by atoms with Crippen molar-refractivity contribution in [3.8, 4) is 0 Å². The van der Waals surface area contributed by atoms with Crippen molar-refractivity contribution in [2.45, 2.75) is 46.0 Å². The molecule has 1 rings (SSSR count). The van der Waals surface area contributed by atoms with E-state index in [2.05, 4.69) is 48.6 Å². The third-order valence-corrected chi connectivity index (χ3v) is 6.00. The van der Waals surface area contributed by atoms with Crippen LogP contribution in [0.4, 0.5) is 0 Å². The Morgan fingerprint density at radius 3 is 2.59 bits per heavy atom. The number of rotatable bonds is 10. The summed E-state index contributed by atoms with van der Waals surface area (Å²) in [5.41, 5.74) is 0.503. The van der Waals surface area contributed by atoms with Crippen LogP contribution in [-0.2, 0) is 19.7 Å². The summed E-state index contributed by atoms with van der Waals surface area (Å²) in [7, 11) is 0. The minimum absolute atomic E-state index is 0.0746. The van der Waals surface area contributed by atoms with E-state index in [0.717, 1.165) is 10.0 Å². The molecule has 0 spiro atoms. The standard InChI is InChI=1S/C21H29BrClNO3/c1-6-16(14(3)4)21(5,15-8-9-17(22)18(23)12-15)13-19(25)24-11-10-20(26)27-7-2/h6,8-9,12,14,16H,1,7,10-11,13H2,2-5H3,(H,24,25). The van der Waals surface area contributed by atoms with Crippen LogP contribution in [0.2, 0.25) is 5.02 Å². The van der Waals surface area contributed by atoms with Crippen LogP contribution in [-0.4, -0.2) is 25.0 Å². The number of amides is 1. The Balaban J connectivity index is 3.01. The van der Waals surface area contributed by atoms with Gasteiger partial charge in [0.05, 0.1) is 18.1 Å². The molecule has 1 N–H and O–H groups in total. The first kappa shape index (κ1) is 23.7. The maximum Gasteiger partial charge on any atom is 0.307 e. The van der Waals surface area contributed by atoms with E-state index in [1.165, 1.54) is 0 Å². The molecule has 4 nitrogen and oxygen atoms in total. The topological polar surface area (TPSA) is 55.4 Å². The largest absolute Gasteiger partial charge is 0.466 e. The predicted molar refractivity (Wildman–Crippen MR) is 114 cm³/mol. The molecule has 0 aliphatic heterocycles. The van der Waals surface area contributed by atoms with E-state index < -0.39 is 5.41 Å². The molecule has 2 unspecified atom stereocenters. The Labute approximate surface area is 175 Å². The van der Waals surface area contributed by atoms with Crippen LogP contribution in [0.3, 0.4) is 0 Å². The van der Waals surface area contributed by atoms with Gasteiger partial charge < -0.3 is 10.1 Å². The highest BCUT2D eigenvalue weighted by Crippen LogP contribution is 2.42. The van der Waals surface area contributed by atoms with Gasteiger partial charge in [-0.1, -0.05) is 44.5 Å². The molecule has 2 atom stereocenters. The van der Waals surface area contributed by atoms with Crippen molar-refractivity contribution in [3.05, 3.63) is 45.9 Å². The molecule has 1 aromatic rings. The van der Waals surface area contributed by atoms with E-state index in [9.17, 15) is 9.59 Å². The van der Waals surface area contributed by atoms with Gasteiger partial charge in [0, 0.05) is 22.9 Å². The van der Waals surface area contributed by atoms with Crippen molar-refractivity contribution in [3.63, 3.8) is 0 Å². The SMILES string of the molecule is C=CC(C(C)C)C(C)(CC(=O)NCCC(=O)OCC)c1ccc(Br)c(Cl)c1. The van der Waals surface area contributed by atoms with E-state index in [1.807, 2.05) is 24.3 Å². The molecule has 0 radical (unpaired) electrons. The van der Waals surface area contributed by atoms with E-state index >= 15 is 0 Å². The minimum atomic E-state index is -0.478. The lowest BCUT2D eigenvalue weighted by Gasteiger charge is -2.39. The summed E-state index contributed by atoms with van der Waals surface area (Å²) >= 11 is 9.72. The molecular formula is C21H29BrClNO3. The van der Waals surface area contributed by atoms with Gasteiger partial charge in [0.1, 0.15) is 0 Å². The van der Waals surface area contributed by atoms with Gasteiger partial charge in [0.25, 0.3) is 0 Å². The van der Waals surface area contributed by atoms with Crippen LogP contribution >= 0.6 is 27.5 Å². The van der Waals surface area contributed by atoms with E-state index in [0.29, 0.717) is 17.5 Å². The summed E-state index contributed by atoms with van der Waals surface area (Å²) < 4.78 is 5.70. The second-order valence-electron chi connectivity index (χ2n) is 7.13. The Bertz CT molecular complexity index is 677. The van der Waals surface area contributed by atoms with Crippen molar-refractivity contribution in [1.82, 2.24) is 5.32 Å². The number of carbonyl (C=O) groups excluding carboxylic acids is 2. The van der Waals surface area contributed by atoms with E-state index in [4.69, 9.17) is 16.3 Å². The molecule has 0 bridgehead atoms. The number of hydrogen-bond acceptors (Lipinski definition) is 3. The zero-order valence-electron chi connectivity index (χ0n) is 16.5. The maximum absolute atomic E-state index is 12.6. The number of nitrogens with one attached hydrogen (secondary N) is 1. The van der Waals surface area contributed by atoms with Gasteiger partial charge in [-0.3, -0.25) is 9.59 Å². The predicted octanol–water partition coefficient (Wildman–Crippen LogP) is 5.28. The fourth-order valence-electron chi connectivity index (χ4n) is 3.46. The summed E-state index contributed by atoms with van der Waals surface area (Å²) in [6.45, 7) is 12.6. The zero-order valence-corrected chi connectivity index (χ0v) is 18.8. The highest BCUT2D eigenvalue weighted by atomic mass is 79.9. The lowest BCUT2D eigenvalue weighted by molar-refractivity contribution is -0.143. The molecule has 0 aliphatic carbocycles. The number of esters is 1. The van der Waals surface area contributed by atoms with Crippen LogP contribution < -0.4 is 5.32 Å². The average Bonchev–Trinajstić information content (AvgIpc) is 2.57. The number of hydrogen-bond donors (Lipinski definition) is 1. The van der Waals surface area contributed by atoms with Crippen molar-refractivity contribution in [2.24, 2.45) is 11.8 Å². The Morgan fingerprint density at radius 1 is 1.41 bits per heavy atom. The molecule has 150 valence electrons. The van der Waals surface area contributed by atoms with Gasteiger partial charge in [-0.05, 0) is 52.4 Å². The average molecular weight is 459 g/mol. The first-order valence-electron chi connectivity index (χ1n) is 9.16. The molecule has 0 aromatic heterocycles. The number of halogens is 2. The third-order valence-electron chi connectivity index (χ3n) is 4.77. The minimum Gasteiger partial charge on any atom is -0.466 e. The number of carbonyl (C=O) groups is 2. The summed E-state index contributed by atoms with van der Waals surface area (Å²) in [4.78, 5) is 24.1. The monoisotopic (exact) mass is 457 g/mol. The highest BCUT2D eigenvalue weighted by Gasteiger charge is 2.38. The van der Waals surface area contributed by atoms with Crippen molar-refractivity contribution in [2.75, 3.05) is 13.2 Å². The van der Waals surface area contributed by atoms with E-state index in [1.54, 1.807) is 6.92 Å². The third kappa shape index (κ3) is 6.65. The van der Waals surface area contributed by atoms with Crippen LogP contribution in [0, 0.1) is 11.8 Å². The lowest BCUT2D eigenvalue weighted by atomic mass is 9.65. The molecule has 1 aromatic carbocycles. The second-order valence-corrected chi connectivity index (χ2v) is 8.40. The summed E-state index contributed by atoms with van der Waals surface area (Å²) in [5, 5.41) is 3.43. The summed E-state index contributed by atoms with van der Waals surface area (Å²) in [6, 6.07) is 5.78. The molecule has 0 heterocycles. The van der Waals surface area contributed by atoms with Gasteiger partial charge >= 0.3 is 5.97 Å². The van der Waals surface area contributed by atoms with Crippen molar-refractivity contribution in [1.29, 1.82) is 0 Å². The lowest BCUT2D eigenvalue weighted by Crippen LogP contribution is -2.40. The van der Waals surface area contributed by atoms with Crippen LogP contribution in [0.1, 0.15) is 46.1 Å². The Kier molecular flexibility index (Phi) is 9.54. The molecule has 27 heavy (non-hydrogen) atoms. The highest BCUT2D eigenvalue weighted by molar-refractivity contribution is 9.10. The fraction of sp³-hybridized carbons (Fsp3) is 0.524. The molecule has 0 saturated heterocycles. The number of ether oxygens (including phenoxy) is 1. The first-order valence-corrected chi connectivity index (χ1v) is 10.3. The molecular weight excluding hydrogens is 430 g/mol. The molecule has 0 aliphatic rings. The molecule has 0 saturated carbocycles. The molecule has 0 fully saturated rings. The molecule has 6 heteroatoms. The Hall–Kier alpha value is -1.33. The fourth-order valence-corrected chi connectivity index (χ4v) is 3.89. The second kappa shape index (κ2) is 10.9. The maximum atomic E-state index is 12.6. The normalized spacial score (nSPS) is 14.3. The number of allylic oxidation sites excluding steroid dienone is 1. The van der Waals surface area contributed by atoms with Gasteiger partial charge in [-0.25, -0.2) is 0 Å². The van der Waals surface area contributed by atoms with Crippen LogP contribution in [0.5, 0.6) is 0 Å². The van der Waals surface area contributed by atoms with Gasteiger partial charge in [0.2, 0.25) is 5.91 Å². The van der Waals surface area contributed by atoms with Gasteiger partial charge in [-0.2, -0.15) is 0 Å². The van der Waals surface area contributed by atoms with Gasteiger partial charge in [0.15, 0.2) is 0 Å². The molecule has 1 amide bonds. The Morgan fingerprint density at radius 2 is 2.07 bits per heavy atom. The zero-order chi connectivity index (χ0) is 20.6.